The molecule has 2 aliphatic rings. The van der Waals surface area contributed by atoms with Crippen LogP contribution in [-0.4, -0.2) is 48.5 Å². The highest BCUT2D eigenvalue weighted by molar-refractivity contribution is 8.02. The fourth-order valence-corrected chi connectivity index (χ4v) is 4.78. The van der Waals surface area contributed by atoms with Crippen LogP contribution in [0.4, 0.5) is 11.6 Å². The van der Waals surface area contributed by atoms with Crippen molar-refractivity contribution in [3.63, 3.8) is 0 Å². The second-order valence-electron chi connectivity index (χ2n) is 6.97. The van der Waals surface area contributed by atoms with Crippen LogP contribution in [0.3, 0.4) is 0 Å². The van der Waals surface area contributed by atoms with Gasteiger partial charge in [0.25, 0.3) is 0 Å². The van der Waals surface area contributed by atoms with Crippen molar-refractivity contribution in [2.75, 3.05) is 37.4 Å². The molecule has 28 heavy (non-hydrogen) atoms. The number of hydrogen-bond acceptors (Lipinski definition) is 8. The van der Waals surface area contributed by atoms with Gasteiger partial charge < -0.3 is 21.1 Å². The molecule has 5 N–H and O–H groups in total. The van der Waals surface area contributed by atoms with Crippen LogP contribution in [-0.2, 0) is 5.75 Å². The number of aliphatic hydroxyl groups is 1. The first-order chi connectivity index (χ1) is 13.6. The average Bonchev–Trinajstić information content (AvgIpc) is 3.27. The summed E-state index contributed by atoms with van der Waals surface area (Å²) in [6.07, 6.45) is 1.66. The van der Waals surface area contributed by atoms with Gasteiger partial charge in [-0.15, -0.1) is 11.8 Å². The number of aromatic nitrogens is 2. The van der Waals surface area contributed by atoms with Crippen molar-refractivity contribution in [2.24, 2.45) is 5.73 Å². The first-order valence-corrected chi connectivity index (χ1v) is 10.5. The van der Waals surface area contributed by atoms with Gasteiger partial charge in [0.15, 0.2) is 0 Å². The Morgan fingerprint density at radius 3 is 2.71 bits per heavy atom. The van der Waals surface area contributed by atoms with Crippen LogP contribution in [0, 0.1) is 0 Å². The summed E-state index contributed by atoms with van der Waals surface area (Å²) in [5, 5.41) is 16.2. The number of thioether (sulfide) groups is 1. The van der Waals surface area contributed by atoms with E-state index in [0.29, 0.717) is 22.3 Å². The number of rotatable bonds is 5. The quantitative estimate of drug-likeness (QED) is 0.569. The molecule has 0 saturated carbocycles. The van der Waals surface area contributed by atoms with Crippen LogP contribution >= 0.6 is 11.8 Å². The van der Waals surface area contributed by atoms with E-state index < -0.39 is 6.23 Å². The summed E-state index contributed by atoms with van der Waals surface area (Å²) in [5.41, 5.74) is 11.8. The summed E-state index contributed by atoms with van der Waals surface area (Å²) in [5.74, 6) is 1.21. The molecule has 1 unspecified atom stereocenters. The van der Waals surface area contributed by atoms with Crippen molar-refractivity contribution in [1.29, 1.82) is 0 Å². The lowest BCUT2D eigenvalue weighted by molar-refractivity contribution is 0.192. The van der Waals surface area contributed by atoms with Gasteiger partial charge in [-0.1, -0.05) is 12.1 Å². The van der Waals surface area contributed by atoms with Crippen molar-refractivity contribution < 1.29 is 5.11 Å². The van der Waals surface area contributed by atoms with E-state index in [9.17, 15) is 5.11 Å². The summed E-state index contributed by atoms with van der Waals surface area (Å²) in [4.78, 5) is 12.5. The molecular weight excluding hydrogens is 372 g/mol. The van der Waals surface area contributed by atoms with Gasteiger partial charge in [0, 0.05) is 42.7 Å². The Morgan fingerprint density at radius 2 is 2.00 bits per heavy atom. The predicted octanol–water partition coefficient (Wildman–Crippen LogP) is 2.20. The lowest BCUT2D eigenvalue weighted by atomic mass is 10.0. The molecule has 0 spiro atoms. The second-order valence-corrected chi connectivity index (χ2v) is 7.99. The van der Waals surface area contributed by atoms with E-state index in [1.165, 1.54) is 30.3 Å². The Morgan fingerprint density at radius 1 is 1.21 bits per heavy atom. The summed E-state index contributed by atoms with van der Waals surface area (Å²) in [6.45, 7) is 2.18. The van der Waals surface area contributed by atoms with Crippen LogP contribution in [0.25, 0.3) is 17.0 Å². The van der Waals surface area contributed by atoms with Gasteiger partial charge in [-0.25, -0.2) is 9.97 Å². The number of nitrogens with two attached hydrogens (primary N) is 1. The van der Waals surface area contributed by atoms with E-state index in [1.54, 1.807) is 7.05 Å². The van der Waals surface area contributed by atoms with E-state index in [1.807, 2.05) is 7.05 Å². The van der Waals surface area contributed by atoms with Crippen molar-refractivity contribution in [3.8, 4) is 11.3 Å². The number of hydrogen-bond donors (Lipinski definition) is 4. The number of anilines is 2. The van der Waals surface area contributed by atoms with Crippen LogP contribution in [0.5, 0.6) is 0 Å². The molecule has 0 bridgehead atoms. The zero-order valence-electron chi connectivity index (χ0n) is 16.2. The van der Waals surface area contributed by atoms with Gasteiger partial charge >= 0.3 is 0 Å². The lowest BCUT2D eigenvalue weighted by Gasteiger charge is -2.25. The van der Waals surface area contributed by atoms with Gasteiger partial charge in [-0.3, -0.25) is 5.32 Å². The summed E-state index contributed by atoms with van der Waals surface area (Å²) >= 11 is 1.51. The Kier molecular flexibility index (Phi) is 5.43. The zero-order chi connectivity index (χ0) is 19.7. The van der Waals surface area contributed by atoms with Crippen molar-refractivity contribution in [2.45, 2.75) is 24.8 Å². The number of nitrogens with zero attached hydrogens (tertiary/aromatic N) is 3. The van der Waals surface area contributed by atoms with Crippen molar-refractivity contribution >= 4 is 29.1 Å². The maximum absolute atomic E-state index is 10.3. The molecule has 0 aliphatic carbocycles. The third-order valence-corrected chi connectivity index (χ3v) is 6.39. The molecule has 1 aromatic carbocycles. The molecule has 0 amide bonds. The fraction of sp³-hybridized carbons (Fsp3) is 0.400. The molecule has 3 heterocycles. The monoisotopic (exact) mass is 398 g/mol. The van der Waals surface area contributed by atoms with Crippen molar-refractivity contribution in [1.82, 2.24) is 15.3 Å². The standard InChI is InChI=1S/C20H26N6OS/c1-22-19(27)18-16(21)15-14(11-28-18)24-20(23-2)25-17(15)12-6-5-7-13(10-12)26-8-3-4-9-26/h5-7,10,19,22,27H,3-4,8-9,11,21H2,1-2H3,(H,23,24,25). The highest BCUT2D eigenvalue weighted by atomic mass is 32.2. The maximum atomic E-state index is 10.3. The predicted molar refractivity (Wildman–Crippen MR) is 116 cm³/mol. The SMILES string of the molecule is CNc1nc2c(c(-c3cccc(N4CCCC4)c3)n1)C(N)=C(C(O)NC)SC2. The minimum atomic E-state index is -0.800. The molecule has 2 aliphatic heterocycles. The number of aliphatic hydroxyl groups excluding tert-OH is 1. The molecule has 7 nitrogen and oxygen atoms in total. The highest BCUT2D eigenvalue weighted by Crippen LogP contribution is 2.41. The average molecular weight is 399 g/mol. The van der Waals surface area contributed by atoms with E-state index in [2.05, 4.69) is 44.8 Å². The summed E-state index contributed by atoms with van der Waals surface area (Å²) in [6, 6.07) is 8.45. The molecule has 8 heteroatoms. The van der Waals surface area contributed by atoms with Gasteiger partial charge in [-0.2, -0.15) is 0 Å². The van der Waals surface area contributed by atoms with Crippen LogP contribution in [0.15, 0.2) is 29.2 Å². The van der Waals surface area contributed by atoms with E-state index in [4.69, 9.17) is 10.7 Å². The van der Waals surface area contributed by atoms with Crippen LogP contribution < -0.4 is 21.3 Å². The minimum Gasteiger partial charge on any atom is -0.397 e. The largest absolute Gasteiger partial charge is 0.397 e. The first kappa shape index (κ1) is 19.0. The van der Waals surface area contributed by atoms with Gasteiger partial charge in [-0.05, 0) is 32.0 Å². The Bertz CT molecular complexity index is 910. The van der Waals surface area contributed by atoms with Crippen LogP contribution in [0.1, 0.15) is 24.1 Å². The normalized spacial score (nSPS) is 17.6. The third-order valence-electron chi connectivity index (χ3n) is 5.22. The number of fused-ring (bicyclic) bond motifs is 1. The molecule has 1 aromatic heterocycles. The highest BCUT2D eigenvalue weighted by Gasteiger charge is 2.27. The van der Waals surface area contributed by atoms with E-state index >= 15 is 0 Å². The summed E-state index contributed by atoms with van der Waals surface area (Å²) < 4.78 is 0. The molecule has 1 fully saturated rings. The Balaban J connectivity index is 1.86. The first-order valence-electron chi connectivity index (χ1n) is 9.54. The minimum absolute atomic E-state index is 0.539. The Hall–Kier alpha value is -2.29. The van der Waals surface area contributed by atoms with E-state index in [0.717, 1.165) is 35.6 Å². The van der Waals surface area contributed by atoms with E-state index in [-0.39, 0.29) is 0 Å². The number of likely N-dealkylation sites (N-methyl/N-ethyl adjacent to an activating group) is 1. The van der Waals surface area contributed by atoms with Gasteiger partial charge in [0.05, 0.1) is 22.0 Å². The number of nitrogens with one attached hydrogen (secondary N) is 2. The smallest absolute Gasteiger partial charge is 0.223 e. The summed E-state index contributed by atoms with van der Waals surface area (Å²) in [7, 11) is 3.53. The molecule has 148 valence electrons. The number of benzene rings is 1. The van der Waals surface area contributed by atoms with Crippen molar-refractivity contribution in [3.05, 3.63) is 40.4 Å². The zero-order valence-corrected chi connectivity index (χ0v) is 17.0. The lowest BCUT2D eigenvalue weighted by Crippen LogP contribution is -2.29. The molecule has 4 rings (SSSR count). The fourth-order valence-electron chi connectivity index (χ4n) is 3.74. The molecule has 2 aromatic rings. The second kappa shape index (κ2) is 7.98. The maximum Gasteiger partial charge on any atom is 0.223 e. The molecular formula is C20H26N6OS. The van der Waals surface area contributed by atoms with Gasteiger partial charge in [0.1, 0.15) is 6.23 Å². The molecule has 1 saturated heterocycles. The van der Waals surface area contributed by atoms with Crippen LogP contribution in [0.2, 0.25) is 0 Å². The topological polar surface area (TPSA) is 99.3 Å². The van der Waals surface area contributed by atoms with Gasteiger partial charge in [0.2, 0.25) is 5.95 Å². The Labute approximate surface area is 169 Å². The molecule has 1 atom stereocenters. The molecule has 0 radical (unpaired) electrons. The third kappa shape index (κ3) is 3.43.